The van der Waals surface area contributed by atoms with E-state index < -0.39 is 13.3 Å². The van der Waals surface area contributed by atoms with Crippen molar-refractivity contribution in [2.45, 2.75) is 19.4 Å². The van der Waals surface area contributed by atoms with Crippen LogP contribution in [0, 0.1) is 0 Å². The van der Waals surface area contributed by atoms with E-state index in [9.17, 15) is 4.57 Å². The van der Waals surface area contributed by atoms with E-state index in [4.69, 9.17) is 14.5 Å². The largest absolute Gasteiger partial charge is 0.403 e. The van der Waals surface area contributed by atoms with Gasteiger partial charge in [0.2, 0.25) is 0 Å². The zero-order chi connectivity index (χ0) is 9.41. The molecule has 0 aromatic heterocycles. The van der Waals surface area contributed by atoms with Gasteiger partial charge in [0.05, 0.1) is 12.2 Å². The fourth-order valence-electron chi connectivity index (χ4n) is 1.21. The van der Waals surface area contributed by atoms with Crippen LogP contribution in [0.3, 0.4) is 0 Å². The molecule has 0 saturated carbocycles. The van der Waals surface area contributed by atoms with Gasteiger partial charge in [-0.3, -0.25) is 0 Å². The van der Waals surface area contributed by atoms with Crippen LogP contribution in [0.5, 0.6) is 0 Å². The molecule has 0 amide bonds. The Hall–Kier alpha value is 0.0700. The molecule has 0 aliphatic carbocycles. The van der Waals surface area contributed by atoms with Gasteiger partial charge in [0, 0.05) is 13.1 Å². The fourth-order valence-corrected chi connectivity index (χ4v) is 2.08. The predicted octanol–water partition coefficient (Wildman–Crippen LogP) is 0.190. The van der Waals surface area contributed by atoms with E-state index in [0.717, 1.165) is 4.67 Å². The summed E-state index contributed by atoms with van der Waals surface area (Å²) < 4.78 is 17.3. The topological polar surface area (TPSA) is 70.0 Å². The second kappa shape index (κ2) is 3.09. The Morgan fingerprint density at radius 1 is 1.50 bits per heavy atom. The smallest absolute Gasteiger partial charge is 0.373 e. The quantitative estimate of drug-likeness (QED) is 0.584. The zero-order valence-corrected chi connectivity index (χ0v) is 8.12. The van der Waals surface area contributed by atoms with Crippen molar-refractivity contribution in [2.24, 2.45) is 0 Å². The van der Waals surface area contributed by atoms with Gasteiger partial charge >= 0.3 is 7.75 Å². The number of hydrogen-bond acceptors (Lipinski definition) is 2. The monoisotopic (exact) mass is 195 g/mol. The maximum atomic E-state index is 10.8. The Balaban J connectivity index is 2.65. The van der Waals surface area contributed by atoms with Crippen LogP contribution < -0.4 is 0 Å². The molecule has 5 nitrogen and oxygen atoms in total. The Bertz CT molecular complexity index is 212. The normalized spacial score (nSPS) is 25.7. The van der Waals surface area contributed by atoms with Gasteiger partial charge in [-0.05, 0) is 13.8 Å². The van der Waals surface area contributed by atoms with Gasteiger partial charge in [0.1, 0.15) is 0 Å². The van der Waals surface area contributed by atoms with Gasteiger partial charge in [0.25, 0.3) is 0 Å². The Kier molecular flexibility index (Phi) is 2.61. The number of hydrogen-bond donors (Lipinski definition) is 2. The molecule has 1 rings (SSSR count). The first-order valence-corrected chi connectivity index (χ1v) is 5.33. The van der Waals surface area contributed by atoms with E-state index >= 15 is 0 Å². The first kappa shape index (κ1) is 10.2. The fraction of sp³-hybridized carbons (Fsp3) is 1.00. The summed E-state index contributed by atoms with van der Waals surface area (Å²) in [7, 11) is -4.07. The molecule has 0 aromatic rings. The summed E-state index contributed by atoms with van der Waals surface area (Å²) in [5.41, 5.74) is -0.459. The third-order valence-electron chi connectivity index (χ3n) is 1.77. The minimum Gasteiger partial charge on any atom is -0.373 e. The molecule has 0 spiro atoms. The van der Waals surface area contributed by atoms with Crippen molar-refractivity contribution < 1.29 is 19.1 Å². The minimum absolute atomic E-state index is 0.275. The summed E-state index contributed by atoms with van der Waals surface area (Å²) in [5, 5.41) is 0. The number of morpholine rings is 1. The van der Waals surface area contributed by atoms with E-state index in [-0.39, 0.29) is 6.54 Å². The molecule has 2 N–H and O–H groups in total. The van der Waals surface area contributed by atoms with Crippen LogP contribution in [0.2, 0.25) is 0 Å². The van der Waals surface area contributed by atoms with E-state index in [1.165, 1.54) is 0 Å². The highest BCUT2D eigenvalue weighted by molar-refractivity contribution is 7.49. The van der Waals surface area contributed by atoms with E-state index in [2.05, 4.69) is 0 Å². The summed E-state index contributed by atoms with van der Waals surface area (Å²) in [6.45, 7) is 4.58. The average Bonchev–Trinajstić information content (AvgIpc) is 1.83. The van der Waals surface area contributed by atoms with Crippen molar-refractivity contribution in [3.05, 3.63) is 0 Å². The summed E-state index contributed by atoms with van der Waals surface area (Å²) in [6, 6.07) is 0. The Labute approximate surface area is 71.5 Å². The van der Waals surface area contributed by atoms with Crippen molar-refractivity contribution in [1.82, 2.24) is 4.67 Å². The highest BCUT2D eigenvalue weighted by Gasteiger charge is 2.35. The van der Waals surface area contributed by atoms with E-state index in [1.807, 2.05) is 13.8 Å². The SMILES string of the molecule is CC1(C)CN(P(=O)(O)O)CCO1. The van der Waals surface area contributed by atoms with Crippen molar-refractivity contribution in [3.63, 3.8) is 0 Å². The second-order valence-electron chi connectivity index (χ2n) is 3.51. The zero-order valence-electron chi connectivity index (χ0n) is 7.23. The third-order valence-corrected chi connectivity index (χ3v) is 2.85. The summed E-state index contributed by atoms with van der Waals surface area (Å²) >= 11 is 0. The second-order valence-corrected chi connectivity index (χ2v) is 5.10. The van der Waals surface area contributed by atoms with Crippen LogP contribution in [0.4, 0.5) is 0 Å². The average molecular weight is 195 g/mol. The van der Waals surface area contributed by atoms with E-state index in [0.29, 0.717) is 13.2 Å². The summed E-state index contributed by atoms with van der Waals surface area (Å²) in [5.74, 6) is 0. The standard InChI is InChI=1S/C6H14NO4P/c1-6(2)5-7(3-4-11-6)12(8,9)10/h3-5H2,1-2H3,(H2,8,9,10). The molecule has 1 aliphatic heterocycles. The molecule has 1 aliphatic rings. The molecule has 1 saturated heterocycles. The highest BCUT2D eigenvalue weighted by Crippen LogP contribution is 2.42. The molecule has 0 atom stereocenters. The molecule has 1 fully saturated rings. The Morgan fingerprint density at radius 3 is 2.42 bits per heavy atom. The van der Waals surface area contributed by atoms with Crippen molar-refractivity contribution >= 4 is 7.75 Å². The lowest BCUT2D eigenvalue weighted by atomic mass is 10.1. The van der Waals surface area contributed by atoms with Gasteiger partial charge in [-0.15, -0.1) is 0 Å². The lowest BCUT2D eigenvalue weighted by Crippen LogP contribution is -2.46. The molecule has 0 bridgehead atoms. The van der Waals surface area contributed by atoms with Gasteiger partial charge in [-0.1, -0.05) is 0 Å². The summed E-state index contributed by atoms with van der Waals surface area (Å²) in [4.78, 5) is 17.7. The summed E-state index contributed by atoms with van der Waals surface area (Å²) in [6.07, 6.45) is 0. The lowest BCUT2D eigenvalue weighted by Gasteiger charge is -2.37. The molecule has 0 unspecified atom stereocenters. The van der Waals surface area contributed by atoms with Crippen molar-refractivity contribution in [3.8, 4) is 0 Å². The molecular weight excluding hydrogens is 181 g/mol. The van der Waals surface area contributed by atoms with Crippen LogP contribution in [-0.4, -0.2) is 39.8 Å². The number of nitrogens with zero attached hydrogens (tertiary/aromatic N) is 1. The van der Waals surface area contributed by atoms with Gasteiger partial charge in [-0.25, -0.2) is 9.24 Å². The van der Waals surface area contributed by atoms with E-state index in [1.54, 1.807) is 0 Å². The molecule has 0 aromatic carbocycles. The van der Waals surface area contributed by atoms with Crippen LogP contribution in [-0.2, 0) is 9.30 Å². The number of rotatable bonds is 1. The molecule has 1 heterocycles. The minimum atomic E-state index is -4.07. The highest BCUT2D eigenvalue weighted by atomic mass is 31.2. The maximum Gasteiger partial charge on any atom is 0.403 e. The Morgan fingerprint density at radius 2 is 2.08 bits per heavy atom. The molecular formula is C6H14NO4P. The van der Waals surface area contributed by atoms with Crippen molar-refractivity contribution in [1.29, 1.82) is 0 Å². The molecule has 6 heteroatoms. The first-order valence-electron chi connectivity index (χ1n) is 3.76. The predicted molar refractivity (Wildman–Crippen MR) is 43.6 cm³/mol. The lowest BCUT2D eigenvalue weighted by molar-refractivity contribution is -0.0695. The van der Waals surface area contributed by atoms with Crippen LogP contribution in [0.25, 0.3) is 0 Å². The number of ether oxygens (including phenoxy) is 1. The van der Waals surface area contributed by atoms with Gasteiger partial charge in [-0.2, -0.15) is 0 Å². The van der Waals surface area contributed by atoms with Crippen LogP contribution >= 0.6 is 7.75 Å². The van der Waals surface area contributed by atoms with Gasteiger partial charge < -0.3 is 14.5 Å². The first-order chi connectivity index (χ1) is 5.31. The maximum absolute atomic E-state index is 10.8. The van der Waals surface area contributed by atoms with Crippen LogP contribution in [0.1, 0.15) is 13.8 Å². The van der Waals surface area contributed by atoms with Crippen LogP contribution in [0.15, 0.2) is 0 Å². The van der Waals surface area contributed by atoms with Crippen molar-refractivity contribution in [2.75, 3.05) is 19.7 Å². The molecule has 0 radical (unpaired) electrons. The molecule has 12 heavy (non-hydrogen) atoms. The molecule has 72 valence electrons. The van der Waals surface area contributed by atoms with Gasteiger partial charge in [0.15, 0.2) is 0 Å². The third kappa shape index (κ3) is 2.54.